The molecule has 0 radical (unpaired) electrons. The third kappa shape index (κ3) is 6.14. The van der Waals surface area contributed by atoms with Crippen molar-refractivity contribution in [3.05, 3.63) is 81.3 Å². The second kappa shape index (κ2) is 11.5. The highest BCUT2D eigenvalue weighted by atomic mass is 79.9. The molecule has 4 aromatic rings. The van der Waals surface area contributed by atoms with E-state index < -0.39 is 0 Å². The fourth-order valence-electron chi connectivity index (χ4n) is 5.91. The molecule has 2 saturated carbocycles. The van der Waals surface area contributed by atoms with Gasteiger partial charge in [0.1, 0.15) is 0 Å². The molecule has 1 heterocycles. The maximum atomic E-state index is 13.3. The van der Waals surface area contributed by atoms with Gasteiger partial charge in [-0.25, -0.2) is 4.98 Å². The lowest BCUT2D eigenvalue weighted by atomic mass is 9.80. The van der Waals surface area contributed by atoms with Crippen LogP contribution in [-0.2, 0) is 18.4 Å². The molecule has 0 unspecified atom stereocenters. The quantitative estimate of drug-likeness (QED) is 0.174. The zero-order valence-electron chi connectivity index (χ0n) is 23.0. The Morgan fingerprint density at radius 3 is 2.54 bits per heavy atom. The molecule has 0 spiro atoms. The second-order valence-electron chi connectivity index (χ2n) is 11.4. The second-order valence-corrected chi connectivity index (χ2v) is 12.7. The van der Waals surface area contributed by atoms with E-state index in [4.69, 9.17) is 16.6 Å². The van der Waals surface area contributed by atoms with Crippen LogP contribution in [0.1, 0.15) is 60.9 Å². The third-order valence-corrected chi connectivity index (χ3v) is 9.25. The standard InChI is InChI=1S/C32H33BrClN5O2/c1-39-28-13-7-22(29(40)36-24-10-8-23(33)9-11-24)17-27(28)38-31(39)37-26-16-21(6-12-25(26)34)19-35-30(41)32(14-2-3-15-32)18-20-4-5-20/h6-13,16-17,20H,2-5,14-15,18-19H2,1H3,(H,35,41)(H,36,40)(H,37,38). The zero-order chi connectivity index (χ0) is 28.6. The minimum atomic E-state index is -0.205. The third-order valence-electron chi connectivity index (χ3n) is 8.39. The molecule has 0 bridgehead atoms. The van der Waals surface area contributed by atoms with Gasteiger partial charge in [0, 0.05) is 34.7 Å². The van der Waals surface area contributed by atoms with Gasteiger partial charge in [0.2, 0.25) is 11.9 Å². The van der Waals surface area contributed by atoms with Crippen LogP contribution in [0.2, 0.25) is 5.02 Å². The molecule has 0 saturated heterocycles. The molecule has 2 fully saturated rings. The number of aromatic nitrogens is 2. The van der Waals surface area contributed by atoms with Crippen molar-refractivity contribution in [3.63, 3.8) is 0 Å². The van der Waals surface area contributed by atoms with Gasteiger partial charge in [-0.05, 0) is 85.3 Å². The van der Waals surface area contributed by atoms with E-state index in [9.17, 15) is 9.59 Å². The number of rotatable bonds is 9. The van der Waals surface area contributed by atoms with E-state index in [1.165, 1.54) is 12.8 Å². The number of amides is 2. The SMILES string of the molecule is Cn1c(Nc2cc(CNC(=O)C3(CC4CC4)CCCC3)ccc2Cl)nc2cc(C(=O)Nc3ccc(Br)cc3)ccc21. The summed E-state index contributed by atoms with van der Waals surface area (Å²) in [6.45, 7) is 0.455. The number of imidazole rings is 1. The molecular formula is C32H33BrClN5O2. The van der Waals surface area contributed by atoms with Crippen molar-refractivity contribution in [3.8, 4) is 0 Å². The maximum Gasteiger partial charge on any atom is 0.255 e. The fraction of sp³-hybridized carbons (Fsp3) is 0.344. The first-order valence-corrected chi connectivity index (χ1v) is 15.3. The van der Waals surface area contributed by atoms with Crippen LogP contribution in [-0.4, -0.2) is 21.4 Å². The summed E-state index contributed by atoms with van der Waals surface area (Å²) >= 11 is 9.97. The van der Waals surface area contributed by atoms with Crippen LogP contribution in [0.3, 0.4) is 0 Å². The van der Waals surface area contributed by atoms with Gasteiger partial charge in [0.25, 0.3) is 5.91 Å². The van der Waals surface area contributed by atoms with Crippen LogP contribution in [0.15, 0.2) is 65.1 Å². The van der Waals surface area contributed by atoms with E-state index in [1.54, 1.807) is 12.1 Å². The van der Waals surface area contributed by atoms with Crippen molar-refractivity contribution < 1.29 is 9.59 Å². The van der Waals surface area contributed by atoms with Crippen molar-refractivity contribution in [2.24, 2.45) is 18.4 Å². The van der Waals surface area contributed by atoms with Crippen LogP contribution in [0.5, 0.6) is 0 Å². The molecule has 1 aromatic heterocycles. The molecule has 2 aliphatic carbocycles. The molecule has 7 nitrogen and oxygen atoms in total. The Kier molecular flexibility index (Phi) is 7.79. The van der Waals surface area contributed by atoms with Gasteiger partial charge in [-0.15, -0.1) is 0 Å². The Bertz CT molecular complexity index is 1610. The average Bonchev–Trinajstić information content (AvgIpc) is 3.55. The number of halogens is 2. The van der Waals surface area contributed by atoms with E-state index >= 15 is 0 Å². The van der Waals surface area contributed by atoms with Crippen LogP contribution in [0.25, 0.3) is 11.0 Å². The molecule has 212 valence electrons. The number of anilines is 3. The minimum absolute atomic E-state index is 0.185. The zero-order valence-corrected chi connectivity index (χ0v) is 25.3. The largest absolute Gasteiger partial charge is 0.352 e. The van der Waals surface area contributed by atoms with E-state index in [-0.39, 0.29) is 17.2 Å². The van der Waals surface area contributed by atoms with Gasteiger partial charge in [-0.2, -0.15) is 0 Å². The van der Waals surface area contributed by atoms with E-state index in [0.29, 0.717) is 40.0 Å². The smallest absolute Gasteiger partial charge is 0.255 e. The Morgan fingerprint density at radius 2 is 1.80 bits per heavy atom. The van der Waals surface area contributed by atoms with E-state index in [0.717, 1.165) is 53.6 Å². The molecule has 3 N–H and O–H groups in total. The fourth-order valence-corrected chi connectivity index (χ4v) is 6.34. The lowest BCUT2D eigenvalue weighted by Gasteiger charge is -2.28. The molecule has 0 atom stereocenters. The number of carbonyl (C=O) groups excluding carboxylic acids is 2. The van der Waals surface area contributed by atoms with E-state index in [2.05, 4.69) is 31.9 Å². The highest BCUT2D eigenvalue weighted by Crippen LogP contribution is 2.49. The number of nitrogens with zero attached hydrogens (tertiary/aromatic N) is 2. The number of fused-ring (bicyclic) bond motifs is 1. The summed E-state index contributed by atoms with van der Waals surface area (Å²) in [6, 6.07) is 18.6. The number of carbonyl (C=O) groups is 2. The molecule has 3 aromatic carbocycles. The molecular weight excluding hydrogens is 602 g/mol. The van der Waals surface area contributed by atoms with Gasteiger partial charge in [0.05, 0.1) is 21.7 Å². The molecule has 9 heteroatoms. The Hall–Kier alpha value is -3.36. The first kappa shape index (κ1) is 27.8. The van der Waals surface area contributed by atoms with E-state index in [1.807, 2.05) is 60.1 Å². The molecule has 2 amide bonds. The van der Waals surface area contributed by atoms with Crippen LogP contribution in [0, 0.1) is 11.3 Å². The lowest BCUT2D eigenvalue weighted by molar-refractivity contribution is -0.131. The Morgan fingerprint density at radius 1 is 1.05 bits per heavy atom. The highest BCUT2D eigenvalue weighted by Gasteiger charge is 2.44. The highest BCUT2D eigenvalue weighted by molar-refractivity contribution is 9.10. The van der Waals surface area contributed by atoms with Gasteiger partial charge in [-0.3, -0.25) is 9.59 Å². The normalized spacial score (nSPS) is 16.1. The van der Waals surface area contributed by atoms with Crippen molar-refractivity contribution in [1.82, 2.24) is 14.9 Å². The first-order valence-electron chi connectivity index (χ1n) is 14.2. The monoisotopic (exact) mass is 633 g/mol. The summed E-state index contributed by atoms with van der Waals surface area (Å²) in [5, 5.41) is 10.1. The Balaban J connectivity index is 1.15. The Labute approximate surface area is 253 Å². The minimum Gasteiger partial charge on any atom is -0.352 e. The lowest BCUT2D eigenvalue weighted by Crippen LogP contribution is -2.39. The average molecular weight is 635 g/mol. The van der Waals surface area contributed by atoms with Crippen molar-refractivity contribution in [2.75, 3.05) is 10.6 Å². The summed E-state index contributed by atoms with van der Waals surface area (Å²) in [6.07, 6.45) is 7.86. The summed E-state index contributed by atoms with van der Waals surface area (Å²) in [7, 11) is 1.91. The van der Waals surface area contributed by atoms with Gasteiger partial charge >= 0.3 is 0 Å². The number of aryl methyl sites for hydroxylation is 1. The van der Waals surface area contributed by atoms with Crippen molar-refractivity contribution >= 4 is 67.7 Å². The van der Waals surface area contributed by atoms with Crippen LogP contribution < -0.4 is 16.0 Å². The van der Waals surface area contributed by atoms with Crippen LogP contribution >= 0.6 is 27.5 Å². The van der Waals surface area contributed by atoms with Crippen LogP contribution in [0.4, 0.5) is 17.3 Å². The first-order chi connectivity index (χ1) is 19.8. The maximum absolute atomic E-state index is 13.3. The van der Waals surface area contributed by atoms with Crippen molar-refractivity contribution in [1.29, 1.82) is 0 Å². The molecule has 0 aliphatic heterocycles. The topological polar surface area (TPSA) is 88.1 Å². The summed E-state index contributed by atoms with van der Waals surface area (Å²) in [5.41, 5.74) is 4.29. The van der Waals surface area contributed by atoms with Gasteiger partial charge in [-0.1, -0.05) is 59.3 Å². The number of nitrogens with one attached hydrogen (secondary N) is 3. The van der Waals surface area contributed by atoms with Crippen molar-refractivity contribution in [2.45, 2.75) is 51.5 Å². The number of hydrogen-bond acceptors (Lipinski definition) is 4. The number of hydrogen-bond donors (Lipinski definition) is 3. The number of benzene rings is 3. The predicted molar refractivity (Wildman–Crippen MR) is 168 cm³/mol. The predicted octanol–water partition coefficient (Wildman–Crippen LogP) is 7.96. The summed E-state index contributed by atoms with van der Waals surface area (Å²) < 4.78 is 2.88. The molecule has 41 heavy (non-hydrogen) atoms. The summed E-state index contributed by atoms with van der Waals surface area (Å²) in [4.78, 5) is 30.9. The molecule has 6 rings (SSSR count). The van der Waals surface area contributed by atoms with Gasteiger partial charge in [0.15, 0.2) is 0 Å². The summed E-state index contributed by atoms with van der Waals surface area (Å²) in [5.74, 6) is 1.32. The van der Waals surface area contributed by atoms with Gasteiger partial charge < -0.3 is 20.5 Å². The molecule has 2 aliphatic rings.